The summed E-state index contributed by atoms with van der Waals surface area (Å²) in [6.07, 6.45) is 4.33. The van der Waals surface area contributed by atoms with Gasteiger partial charge in [-0.25, -0.2) is 4.79 Å². The van der Waals surface area contributed by atoms with Gasteiger partial charge >= 0.3 is 18.0 Å². The number of aliphatic hydroxyl groups is 2. The molecule has 4 rings (SSSR count). The van der Waals surface area contributed by atoms with Crippen molar-refractivity contribution >= 4 is 41.3 Å². The van der Waals surface area contributed by atoms with Crippen molar-refractivity contribution in [2.45, 2.75) is 55.5 Å². The maximum Gasteiger partial charge on any atom is 0.317 e. The second-order valence-corrected chi connectivity index (χ2v) is 14.4. The highest BCUT2D eigenvalue weighted by Crippen LogP contribution is 2.33. The van der Waals surface area contributed by atoms with E-state index in [1.807, 2.05) is 28.8 Å². The number of aliphatic carboxylic acids is 2. The molecule has 0 spiro atoms. The fourth-order valence-corrected chi connectivity index (χ4v) is 8.21. The van der Waals surface area contributed by atoms with E-state index >= 15 is 0 Å². The number of hydrogen-bond donors (Lipinski definition) is 7. The number of nitrogens with zero attached hydrogens (tertiary/aromatic N) is 4. The molecule has 3 heterocycles. The van der Waals surface area contributed by atoms with Crippen LogP contribution in [-0.2, 0) is 25.5 Å². The van der Waals surface area contributed by atoms with Crippen LogP contribution in [0.15, 0.2) is 24.3 Å². The van der Waals surface area contributed by atoms with Crippen molar-refractivity contribution in [2.24, 2.45) is 0 Å². The molecule has 3 amide bonds. The Kier molecular flexibility index (Phi) is 16.5. The summed E-state index contributed by atoms with van der Waals surface area (Å²) >= 11 is 1.90. The number of fused-ring (bicyclic) bond motifs is 1. The highest BCUT2D eigenvalue weighted by Gasteiger charge is 2.42. The Morgan fingerprint density at radius 1 is 0.860 bits per heavy atom. The maximum atomic E-state index is 12.5. The highest BCUT2D eigenvalue weighted by molar-refractivity contribution is 8.00. The second kappa shape index (κ2) is 20.7. The zero-order valence-corrected chi connectivity index (χ0v) is 29.4. The molecule has 4 atom stereocenters. The monoisotopic (exact) mass is 723 g/mol. The van der Waals surface area contributed by atoms with E-state index in [-0.39, 0.29) is 69.8 Å². The van der Waals surface area contributed by atoms with Crippen LogP contribution in [0.25, 0.3) is 0 Å². The third kappa shape index (κ3) is 13.3. The number of benzene rings is 1. The Morgan fingerprint density at radius 3 is 2.18 bits per heavy atom. The fraction of sp³-hybridized carbons (Fsp3) is 0.697. The molecular formula is C33H53N7O9S. The van der Waals surface area contributed by atoms with Crippen LogP contribution in [0.2, 0.25) is 0 Å². The SMILES string of the molecule is O=C(O)CN1CCN(CO)CCN(CO)CCN(CC(=O)O)C(Cc2ccc(NC(=O)COCCCCCC3SCC4NC(=O)NC43)cc2)C1. The Labute approximate surface area is 297 Å². The van der Waals surface area contributed by atoms with E-state index in [9.17, 15) is 39.6 Å². The number of carboxylic acids is 2. The van der Waals surface area contributed by atoms with Crippen LogP contribution >= 0.6 is 11.8 Å². The van der Waals surface area contributed by atoms with Crippen molar-refractivity contribution in [3.63, 3.8) is 0 Å². The summed E-state index contributed by atoms with van der Waals surface area (Å²) in [6, 6.07) is 7.29. The number of nitrogens with one attached hydrogen (secondary N) is 3. The van der Waals surface area contributed by atoms with E-state index in [2.05, 4.69) is 16.0 Å². The molecule has 0 radical (unpaired) electrons. The number of urea groups is 1. The number of unbranched alkanes of at least 4 members (excludes halogenated alkanes) is 2. The molecule has 50 heavy (non-hydrogen) atoms. The van der Waals surface area contributed by atoms with Crippen LogP contribution in [0.3, 0.4) is 0 Å². The normalized spacial score (nSPS) is 24.5. The predicted octanol–water partition coefficient (Wildman–Crippen LogP) is -0.431. The number of aliphatic hydroxyl groups excluding tert-OH is 2. The van der Waals surface area contributed by atoms with E-state index in [1.54, 1.807) is 26.8 Å². The first-order chi connectivity index (χ1) is 24.1. The summed E-state index contributed by atoms with van der Waals surface area (Å²) in [6.45, 7) is 2.23. The average Bonchev–Trinajstić information content (AvgIpc) is 3.63. The molecule has 16 nitrogen and oxygen atoms in total. The number of carbonyl (C=O) groups excluding carboxylic acids is 2. The van der Waals surface area contributed by atoms with Gasteiger partial charge in [0, 0.05) is 75.2 Å². The highest BCUT2D eigenvalue weighted by atomic mass is 32.2. The van der Waals surface area contributed by atoms with Crippen molar-refractivity contribution in [2.75, 3.05) is 96.6 Å². The summed E-state index contributed by atoms with van der Waals surface area (Å²) in [7, 11) is 0. The van der Waals surface area contributed by atoms with Crippen LogP contribution in [0, 0.1) is 0 Å². The third-order valence-corrected chi connectivity index (χ3v) is 10.9. The van der Waals surface area contributed by atoms with Gasteiger partial charge in [0.2, 0.25) is 5.91 Å². The Balaban J connectivity index is 1.26. The number of carbonyl (C=O) groups is 4. The number of carboxylic acid groups (broad SMARTS) is 2. The maximum absolute atomic E-state index is 12.5. The molecule has 3 saturated heterocycles. The van der Waals surface area contributed by atoms with Crippen molar-refractivity contribution in [1.29, 1.82) is 0 Å². The predicted molar refractivity (Wildman–Crippen MR) is 188 cm³/mol. The van der Waals surface area contributed by atoms with E-state index in [4.69, 9.17) is 4.74 Å². The van der Waals surface area contributed by atoms with Crippen LogP contribution in [0.5, 0.6) is 0 Å². The zero-order chi connectivity index (χ0) is 35.9. The molecule has 4 unspecified atom stereocenters. The number of anilines is 1. The van der Waals surface area contributed by atoms with Gasteiger partial charge in [-0.05, 0) is 37.0 Å². The number of rotatable bonds is 17. The first kappa shape index (κ1) is 39.8. The molecule has 280 valence electrons. The lowest BCUT2D eigenvalue weighted by Crippen LogP contribution is -2.53. The molecular weight excluding hydrogens is 670 g/mol. The molecule has 0 saturated carbocycles. The zero-order valence-electron chi connectivity index (χ0n) is 28.6. The summed E-state index contributed by atoms with van der Waals surface area (Å²) in [5.74, 6) is -1.32. The fourth-order valence-electron chi connectivity index (χ4n) is 6.67. The van der Waals surface area contributed by atoms with Crippen LogP contribution in [0.1, 0.15) is 31.2 Å². The molecule has 0 aromatic heterocycles. The summed E-state index contributed by atoms with van der Waals surface area (Å²) in [5.41, 5.74) is 1.48. The number of amides is 3. The summed E-state index contributed by atoms with van der Waals surface area (Å²) in [4.78, 5) is 54.8. The van der Waals surface area contributed by atoms with Gasteiger partial charge in [0.25, 0.3) is 0 Å². The first-order valence-corrected chi connectivity index (χ1v) is 18.4. The minimum atomic E-state index is -1.01. The van der Waals surface area contributed by atoms with Gasteiger partial charge < -0.3 is 41.1 Å². The quantitative estimate of drug-likeness (QED) is 0.0805. The van der Waals surface area contributed by atoms with Gasteiger partial charge in [0.1, 0.15) is 6.61 Å². The topological polar surface area (TPSA) is 207 Å². The molecule has 0 bridgehead atoms. The molecule has 7 N–H and O–H groups in total. The molecule has 3 fully saturated rings. The largest absolute Gasteiger partial charge is 0.480 e. The van der Waals surface area contributed by atoms with Crippen LogP contribution < -0.4 is 16.0 Å². The Bertz CT molecular complexity index is 1250. The second-order valence-electron chi connectivity index (χ2n) is 13.1. The van der Waals surface area contributed by atoms with Gasteiger partial charge in [-0.1, -0.05) is 25.0 Å². The minimum absolute atomic E-state index is 0.0636. The number of ether oxygens (including phenoxy) is 1. The lowest BCUT2D eigenvalue weighted by molar-refractivity contribution is -0.141. The molecule has 0 aliphatic carbocycles. The summed E-state index contributed by atoms with van der Waals surface area (Å²) in [5, 5.41) is 48.3. The average molecular weight is 724 g/mol. The van der Waals surface area contributed by atoms with E-state index in [0.717, 1.165) is 37.0 Å². The van der Waals surface area contributed by atoms with E-state index < -0.39 is 11.9 Å². The Morgan fingerprint density at radius 2 is 1.52 bits per heavy atom. The lowest BCUT2D eigenvalue weighted by atomic mass is 10.0. The van der Waals surface area contributed by atoms with Crippen LogP contribution in [-0.4, -0.2) is 179 Å². The van der Waals surface area contributed by atoms with Gasteiger partial charge in [0.15, 0.2) is 0 Å². The van der Waals surface area contributed by atoms with E-state index in [0.29, 0.717) is 63.2 Å². The van der Waals surface area contributed by atoms with Crippen molar-refractivity contribution in [3.05, 3.63) is 29.8 Å². The molecule has 3 aliphatic rings. The standard InChI is InChI=1S/C33H53N7O9S/c41-22-37-9-10-38(23-42)13-14-40(19-31(46)47)26(17-39(12-11-37)18-30(44)45)16-24-5-7-25(8-6-24)34-29(43)20-49-15-3-1-2-4-28-32-27(21-50-28)35-33(48)36-32/h5-8,26-28,32,41-42H,1-4,9-23H2,(H,34,43)(H,44,45)(H,46,47)(H2,35,36,48). The van der Waals surface area contributed by atoms with E-state index in [1.165, 1.54) is 0 Å². The van der Waals surface area contributed by atoms with Crippen LogP contribution in [0.4, 0.5) is 10.5 Å². The van der Waals surface area contributed by atoms with Gasteiger partial charge in [0.05, 0.1) is 38.6 Å². The molecule has 3 aliphatic heterocycles. The summed E-state index contributed by atoms with van der Waals surface area (Å²) < 4.78 is 5.60. The minimum Gasteiger partial charge on any atom is -0.480 e. The smallest absolute Gasteiger partial charge is 0.317 e. The third-order valence-electron chi connectivity index (χ3n) is 9.41. The van der Waals surface area contributed by atoms with Crippen molar-refractivity contribution < 1.29 is 44.3 Å². The number of hydrogen-bond acceptors (Lipinski definition) is 12. The first-order valence-electron chi connectivity index (χ1n) is 17.3. The molecule has 17 heteroatoms. The lowest BCUT2D eigenvalue weighted by Gasteiger charge is -2.37. The van der Waals surface area contributed by atoms with Gasteiger partial charge in [-0.2, -0.15) is 11.8 Å². The van der Waals surface area contributed by atoms with Crippen molar-refractivity contribution in [1.82, 2.24) is 30.2 Å². The number of thioether (sulfide) groups is 1. The molecule has 1 aromatic rings. The Hall–Kier alpha value is -3.03. The van der Waals surface area contributed by atoms with Gasteiger partial charge in [-0.15, -0.1) is 0 Å². The van der Waals surface area contributed by atoms with Gasteiger partial charge in [-0.3, -0.25) is 34.0 Å². The van der Waals surface area contributed by atoms with Crippen molar-refractivity contribution in [3.8, 4) is 0 Å². The molecule has 1 aromatic carbocycles.